The van der Waals surface area contributed by atoms with E-state index in [4.69, 9.17) is 11.6 Å². The molecule has 7 heteroatoms. The van der Waals surface area contributed by atoms with Gasteiger partial charge in [-0.05, 0) is 23.8 Å². The van der Waals surface area contributed by atoms with Gasteiger partial charge in [-0.3, -0.25) is 4.79 Å². The predicted molar refractivity (Wildman–Crippen MR) is 78.1 cm³/mol. The van der Waals surface area contributed by atoms with Crippen molar-refractivity contribution in [3.63, 3.8) is 0 Å². The lowest BCUT2D eigenvalue weighted by molar-refractivity contribution is -0.119. The van der Waals surface area contributed by atoms with Gasteiger partial charge in [0, 0.05) is 11.6 Å². The minimum absolute atomic E-state index is 0.209. The molecule has 0 aromatic heterocycles. The standard InChI is InChI=1S/C15H12ClF3N2O/c16-10-4-2-1-3-9(10)7-21-13(22)8-20-12-6-5-11(17)14(18)15(12)19/h1-6,20H,7-8H2,(H,21,22). The smallest absolute Gasteiger partial charge is 0.239 e. The molecule has 2 rings (SSSR count). The van der Waals surface area contributed by atoms with Gasteiger partial charge in [-0.15, -0.1) is 0 Å². The molecule has 0 heterocycles. The van der Waals surface area contributed by atoms with Crippen molar-refractivity contribution in [2.45, 2.75) is 6.54 Å². The summed E-state index contributed by atoms with van der Waals surface area (Å²) in [5, 5.41) is 5.50. The van der Waals surface area contributed by atoms with Crippen molar-refractivity contribution in [1.82, 2.24) is 5.32 Å². The van der Waals surface area contributed by atoms with Crippen LogP contribution in [0.2, 0.25) is 5.02 Å². The van der Waals surface area contributed by atoms with E-state index in [-0.39, 0.29) is 18.8 Å². The van der Waals surface area contributed by atoms with Crippen LogP contribution in [0.5, 0.6) is 0 Å². The van der Waals surface area contributed by atoms with E-state index in [2.05, 4.69) is 10.6 Å². The van der Waals surface area contributed by atoms with E-state index in [9.17, 15) is 18.0 Å². The van der Waals surface area contributed by atoms with E-state index in [1.165, 1.54) is 0 Å². The third kappa shape index (κ3) is 3.92. The van der Waals surface area contributed by atoms with Gasteiger partial charge in [0.05, 0.1) is 12.2 Å². The molecule has 0 bridgehead atoms. The summed E-state index contributed by atoms with van der Waals surface area (Å²) in [6.07, 6.45) is 0. The first-order valence-corrected chi connectivity index (χ1v) is 6.74. The molecule has 0 aliphatic rings. The van der Waals surface area contributed by atoms with Gasteiger partial charge < -0.3 is 10.6 Å². The average Bonchev–Trinajstić information content (AvgIpc) is 2.51. The van der Waals surface area contributed by atoms with E-state index in [1.807, 2.05) is 0 Å². The fourth-order valence-electron chi connectivity index (χ4n) is 1.74. The number of anilines is 1. The molecule has 2 aromatic carbocycles. The molecule has 1 amide bonds. The zero-order valence-electron chi connectivity index (χ0n) is 11.3. The van der Waals surface area contributed by atoms with Gasteiger partial charge in [0.2, 0.25) is 5.91 Å². The van der Waals surface area contributed by atoms with Crippen molar-refractivity contribution < 1.29 is 18.0 Å². The highest BCUT2D eigenvalue weighted by Gasteiger charge is 2.13. The highest BCUT2D eigenvalue weighted by Crippen LogP contribution is 2.19. The lowest BCUT2D eigenvalue weighted by Gasteiger charge is -2.10. The fraction of sp³-hybridized carbons (Fsp3) is 0.133. The first-order chi connectivity index (χ1) is 10.5. The number of benzene rings is 2. The lowest BCUT2D eigenvalue weighted by atomic mass is 10.2. The summed E-state index contributed by atoms with van der Waals surface area (Å²) in [6, 6.07) is 8.80. The number of hydrogen-bond donors (Lipinski definition) is 2. The minimum Gasteiger partial charge on any atom is -0.374 e. The van der Waals surface area contributed by atoms with Crippen molar-refractivity contribution in [3.05, 3.63) is 64.4 Å². The van der Waals surface area contributed by atoms with Gasteiger partial charge in [0.15, 0.2) is 17.5 Å². The highest BCUT2D eigenvalue weighted by molar-refractivity contribution is 6.31. The number of rotatable bonds is 5. The van der Waals surface area contributed by atoms with Crippen molar-refractivity contribution in [2.75, 3.05) is 11.9 Å². The number of halogens is 4. The average molecular weight is 329 g/mol. The van der Waals surface area contributed by atoms with Crippen molar-refractivity contribution in [1.29, 1.82) is 0 Å². The molecule has 22 heavy (non-hydrogen) atoms. The molecule has 0 atom stereocenters. The Kier molecular flexibility index (Phi) is 5.27. The van der Waals surface area contributed by atoms with Crippen LogP contribution in [-0.2, 0) is 11.3 Å². The largest absolute Gasteiger partial charge is 0.374 e. The Balaban J connectivity index is 1.88. The van der Waals surface area contributed by atoms with Crippen molar-refractivity contribution >= 4 is 23.2 Å². The summed E-state index contributed by atoms with van der Waals surface area (Å²) < 4.78 is 39.2. The first kappa shape index (κ1) is 16.2. The molecule has 0 aliphatic carbocycles. The van der Waals surface area contributed by atoms with E-state index >= 15 is 0 Å². The number of nitrogens with one attached hydrogen (secondary N) is 2. The lowest BCUT2D eigenvalue weighted by Crippen LogP contribution is -2.29. The van der Waals surface area contributed by atoms with Gasteiger partial charge in [-0.25, -0.2) is 13.2 Å². The molecule has 0 aliphatic heterocycles. The zero-order valence-corrected chi connectivity index (χ0v) is 12.1. The molecular formula is C15H12ClF3N2O. The molecule has 0 spiro atoms. The molecule has 3 nitrogen and oxygen atoms in total. The second-order valence-electron chi connectivity index (χ2n) is 4.44. The summed E-state index contributed by atoms with van der Waals surface area (Å²) in [5.74, 6) is -4.67. The summed E-state index contributed by atoms with van der Waals surface area (Å²) in [7, 11) is 0. The Morgan fingerprint density at radius 1 is 1.05 bits per heavy atom. The van der Waals surface area contributed by atoms with Crippen LogP contribution in [0.1, 0.15) is 5.56 Å². The van der Waals surface area contributed by atoms with Crippen LogP contribution in [0, 0.1) is 17.5 Å². The normalized spacial score (nSPS) is 10.4. The quantitative estimate of drug-likeness (QED) is 0.825. The molecular weight excluding hydrogens is 317 g/mol. The van der Waals surface area contributed by atoms with E-state index in [0.29, 0.717) is 5.02 Å². The number of hydrogen-bond acceptors (Lipinski definition) is 2. The van der Waals surface area contributed by atoms with Crippen molar-refractivity contribution in [2.24, 2.45) is 0 Å². The number of carbonyl (C=O) groups excluding carboxylic acids is 1. The van der Waals surface area contributed by atoms with Crippen LogP contribution in [0.15, 0.2) is 36.4 Å². The molecule has 2 N–H and O–H groups in total. The second-order valence-corrected chi connectivity index (χ2v) is 4.85. The Hall–Kier alpha value is -2.21. The summed E-state index contributed by atoms with van der Waals surface area (Å²) >= 11 is 5.94. The molecule has 116 valence electrons. The summed E-state index contributed by atoms with van der Waals surface area (Å²) in [5.41, 5.74) is 0.448. The highest BCUT2D eigenvalue weighted by atomic mass is 35.5. The fourth-order valence-corrected chi connectivity index (χ4v) is 1.94. The number of carbonyl (C=O) groups is 1. The molecule has 0 saturated heterocycles. The van der Waals surface area contributed by atoms with E-state index < -0.39 is 23.4 Å². The number of amides is 1. The molecule has 0 fully saturated rings. The zero-order chi connectivity index (χ0) is 16.1. The third-order valence-corrected chi connectivity index (χ3v) is 3.28. The maximum absolute atomic E-state index is 13.4. The van der Waals surface area contributed by atoms with Crippen LogP contribution < -0.4 is 10.6 Å². The monoisotopic (exact) mass is 328 g/mol. The van der Waals surface area contributed by atoms with Crippen LogP contribution in [0.25, 0.3) is 0 Å². The van der Waals surface area contributed by atoms with Gasteiger partial charge in [0.1, 0.15) is 0 Å². The van der Waals surface area contributed by atoms with Gasteiger partial charge >= 0.3 is 0 Å². The Morgan fingerprint density at radius 3 is 2.50 bits per heavy atom. The maximum Gasteiger partial charge on any atom is 0.239 e. The van der Waals surface area contributed by atoms with E-state index in [0.717, 1.165) is 17.7 Å². The second kappa shape index (κ2) is 7.17. The molecule has 2 aromatic rings. The maximum atomic E-state index is 13.4. The van der Waals surface area contributed by atoms with Crippen molar-refractivity contribution in [3.8, 4) is 0 Å². The molecule has 0 unspecified atom stereocenters. The SMILES string of the molecule is O=C(CNc1ccc(F)c(F)c1F)NCc1ccccc1Cl. The van der Waals surface area contributed by atoms with Gasteiger partial charge in [-0.1, -0.05) is 29.8 Å². The van der Waals surface area contributed by atoms with Gasteiger partial charge in [-0.2, -0.15) is 0 Å². The Morgan fingerprint density at radius 2 is 1.77 bits per heavy atom. The van der Waals surface area contributed by atoms with Crippen LogP contribution in [-0.4, -0.2) is 12.5 Å². The summed E-state index contributed by atoms with van der Waals surface area (Å²) in [4.78, 5) is 11.7. The Labute approximate surface area is 130 Å². The molecule has 0 radical (unpaired) electrons. The van der Waals surface area contributed by atoms with Crippen LogP contribution in [0.3, 0.4) is 0 Å². The Bertz CT molecular complexity index is 694. The first-order valence-electron chi connectivity index (χ1n) is 6.36. The predicted octanol–water partition coefficient (Wildman–Crippen LogP) is 3.49. The van der Waals surface area contributed by atoms with Crippen LogP contribution >= 0.6 is 11.6 Å². The van der Waals surface area contributed by atoms with Crippen LogP contribution in [0.4, 0.5) is 18.9 Å². The third-order valence-electron chi connectivity index (χ3n) is 2.91. The molecule has 0 saturated carbocycles. The topological polar surface area (TPSA) is 41.1 Å². The van der Waals surface area contributed by atoms with Gasteiger partial charge in [0.25, 0.3) is 0 Å². The summed E-state index contributed by atoms with van der Waals surface area (Å²) in [6.45, 7) is -0.0765. The van der Waals surface area contributed by atoms with E-state index in [1.54, 1.807) is 24.3 Å². The minimum atomic E-state index is -1.58.